The van der Waals surface area contributed by atoms with Crippen molar-refractivity contribution in [3.63, 3.8) is 0 Å². The van der Waals surface area contributed by atoms with Crippen molar-refractivity contribution >= 4 is 11.0 Å². The summed E-state index contributed by atoms with van der Waals surface area (Å²) >= 11 is 0. The highest BCUT2D eigenvalue weighted by molar-refractivity contribution is 5.82. The first kappa shape index (κ1) is 12.3. The normalized spacial score (nSPS) is 10.8. The summed E-state index contributed by atoms with van der Waals surface area (Å²) in [5.74, 6) is 0.516. The van der Waals surface area contributed by atoms with Crippen LogP contribution in [0.1, 0.15) is 19.4 Å². The number of H-pyrrole nitrogens is 1. The third kappa shape index (κ3) is 1.79. The summed E-state index contributed by atoms with van der Waals surface area (Å²) in [5, 5.41) is 0.332. The molecule has 0 aliphatic rings. The summed E-state index contributed by atoms with van der Waals surface area (Å²) < 4.78 is 6.85. The van der Waals surface area contributed by atoms with Gasteiger partial charge in [-0.1, -0.05) is 6.92 Å². The average molecular weight is 249 g/mol. The summed E-state index contributed by atoms with van der Waals surface area (Å²) in [5.41, 5.74) is 0.254. The average Bonchev–Trinajstić information content (AvgIpc) is 2.36. The van der Waals surface area contributed by atoms with Crippen LogP contribution in [0.15, 0.2) is 15.8 Å². The van der Waals surface area contributed by atoms with Crippen LogP contribution in [-0.2, 0) is 13.5 Å². The second kappa shape index (κ2) is 4.64. The molecule has 96 valence electrons. The summed E-state index contributed by atoms with van der Waals surface area (Å²) in [6.07, 6.45) is 2.35. The Balaban J connectivity index is 2.97. The van der Waals surface area contributed by atoms with E-state index in [0.717, 1.165) is 5.56 Å². The fourth-order valence-corrected chi connectivity index (χ4v) is 1.88. The molecule has 2 heterocycles. The molecule has 0 fully saturated rings. The van der Waals surface area contributed by atoms with Gasteiger partial charge < -0.3 is 4.74 Å². The van der Waals surface area contributed by atoms with E-state index in [2.05, 4.69) is 9.97 Å². The lowest BCUT2D eigenvalue weighted by molar-refractivity contribution is 0.340. The van der Waals surface area contributed by atoms with Gasteiger partial charge >= 0.3 is 5.69 Å². The molecule has 6 nitrogen and oxygen atoms in total. The molecule has 1 N–H and O–H groups in total. The summed E-state index contributed by atoms with van der Waals surface area (Å²) in [6.45, 7) is 4.26. The second-order valence-electron chi connectivity index (χ2n) is 3.92. The van der Waals surface area contributed by atoms with Crippen LogP contribution in [0.5, 0.6) is 5.75 Å². The van der Waals surface area contributed by atoms with Crippen LogP contribution in [0.3, 0.4) is 0 Å². The summed E-state index contributed by atoms with van der Waals surface area (Å²) in [6, 6.07) is 0. The van der Waals surface area contributed by atoms with Crippen LogP contribution >= 0.6 is 0 Å². The first-order chi connectivity index (χ1) is 8.60. The number of hydrogen-bond acceptors (Lipinski definition) is 4. The van der Waals surface area contributed by atoms with Crippen LogP contribution in [0.4, 0.5) is 0 Å². The highest BCUT2D eigenvalue weighted by Crippen LogP contribution is 2.25. The topological polar surface area (TPSA) is 77.0 Å². The van der Waals surface area contributed by atoms with E-state index in [9.17, 15) is 9.59 Å². The number of nitrogens with one attached hydrogen (secondary N) is 1. The Hall–Kier alpha value is -2.11. The van der Waals surface area contributed by atoms with E-state index >= 15 is 0 Å². The standard InChI is InChI=1S/C12H15N3O3/c1-4-7-6-13-10-8(9(7)18-5-2)11(16)14-12(17)15(10)3/h6H,4-5H2,1-3H3,(H,14,16,17). The molecule has 6 heteroatoms. The van der Waals surface area contributed by atoms with E-state index in [1.165, 1.54) is 4.57 Å². The molecule has 2 rings (SSSR count). The van der Waals surface area contributed by atoms with Crippen LogP contribution in [0.2, 0.25) is 0 Å². The minimum atomic E-state index is -0.480. The van der Waals surface area contributed by atoms with Crippen molar-refractivity contribution in [3.8, 4) is 5.75 Å². The Morgan fingerprint density at radius 1 is 1.39 bits per heavy atom. The first-order valence-electron chi connectivity index (χ1n) is 5.83. The SMILES string of the molecule is CCOc1c(CC)cnc2c1c(=O)[nH]c(=O)n2C. The minimum absolute atomic E-state index is 0.332. The zero-order chi connectivity index (χ0) is 13.3. The summed E-state index contributed by atoms with van der Waals surface area (Å²) in [4.78, 5) is 29.9. The molecule has 0 radical (unpaired) electrons. The van der Waals surface area contributed by atoms with Gasteiger partial charge in [0.25, 0.3) is 5.56 Å². The zero-order valence-electron chi connectivity index (χ0n) is 10.6. The number of aromatic nitrogens is 3. The van der Waals surface area contributed by atoms with Crippen molar-refractivity contribution in [2.75, 3.05) is 6.61 Å². The van der Waals surface area contributed by atoms with Gasteiger partial charge in [0, 0.05) is 18.8 Å². The molecule has 0 unspecified atom stereocenters. The van der Waals surface area contributed by atoms with Crippen molar-refractivity contribution in [1.29, 1.82) is 0 Å². The molecular weight excluding hydrogens is 234 g/mol. The van der Waals surface area contributed by atoms with Crippen molar-refractivity contribution < 1.29 is 4.74 Å². The maximum atomic E-state index is 11.9. The lowest BCUT2D eigenvalue weighted by atomic mass is 10.1. The molecule has 0 saturated carbocycles. The Kier molecular flexibility index (Phi) is 3.18. The smallest absolute Gasteiger partial charge is 0.329 e. The van der Waals surface area contributed by atoms with E-state index in [-0.39, 0.29) is 0 Å². The van der Waals surface area contributed by atoms with Crippen molar-refractivity contribution in [1.82, 2.24) is 14.5 Å². The van der Waals surface area contributed by atoms with E-state index in [4.69, 9.17) is 4.74 Å². The molecule has 0 atom stereocenters. The quantitative estimate of drug-likeness (QED) is 0.863. The molecule has 18 heavy (non-hydrogen) atoms. The second-order valence-corrected chi connectivity index (χ2v) is 3.92. The Morgan fingerprint density at radius 2 is 2.11 bits per heavy atom. The Morgan fingerprint density at radius 3 is 2.72 bits per heavy atom. The number of aromatic amines is 1. The van der Waals surface area contributed by atoms with Crippen molar-refractivity contribution in [3.05, 3.63) is 32.6 Å². The van der Waals surface area contributed by atoms with Gasteiger partial charge in [0.1, 0.15) is 11.1 Å². The fraction of sp³-hybridized carbons (Fsp3) is 0.417. The molecule has 0 spiro atoms. The van der Waals surface area contributed by atoms with E-state index in [0.29, 0.717) is 29.8 Å². The number of rotatable bonds is 3. The number of nitrogens with zero attached hydrogens (tertiary/aromatic N) is 2. The van der Waals surface area contributed by atoms with Gasteiger partial charge in [0.2, 0.25) is 0 Å². The van der Waals surface area contributed by atoms with E-state index < -0.39 is 11.2 Å². The van der Waals surface area contributed by atoms with Gasteiger partial charge in [-0.2, -0.15) is 0 Å². The molecule has 0 bridgehead atoms. The highest BCUT2D eigenvalue weighted by atomic mass is 16.5. The number of ether oxygens (including phenoxy) is 1. The molecule has 0 aliphatic heterocycles. The highest BCUT2D eigenvalue weighted by Gasteiger charge is 2.15. The van der Waals surface area contributed by atoms with Gasteiger partial charge in [0.15, 0.2) is 5.65 Å². The van der Waals surface area contributed by atoms with E-state index in [1.807, 2.05) is 13.8 Å². The van der Waals surface area contributed by atoms with Crippen LogP contribution in [0.25, 0.3) is 11.0 Å². The van der Waals surface area contributed by atoms with Crippen LogP contribution < -0.4 is 16.0 Å². The zero-order valence-corrected chi connectivity index (χ0v) is 10.6. The third-order valence-electron chi connectivity index (χ3n) is 2.82. The number of fused-ring (bicyclic) bond motifs is 1. The van der Waals surface area contributed by atoms with Crippen LogP contribution in [-0.4, -0.2) is 21.1 Å². The van der Waals surface area contributed by atoms with E-state index in [1.54, 1.807) is 13.2 Å². The van der Waals surface area contributed by atoms with Crippen molar-refractivity contribution in [2.24, 2.45) is 7.05 Å². The van der Waals surface area contributed by atoms with Gasteiger partial charge in [-0.3, -0.25) is 14.3 Å². The van der Waals surface area contributed by atoms with Crippen LogP contribution in [0, 0.1) is 0 Å². The van der Waals surface area contributed by atoms with Gasteiger partial charge in [-0.05, 0) is 13.3 Å². The lowest BCUT2D eigenvalue weighted by Crippen LogP contribution is -2.29. The monoisotopic (exact) mass is 249 g/mol. The van der Waals surface area contributed by atoms with Gasteiger partial charge in [-0.15, -0.1) is 0 Å². The molecule has 2 aromatic rings. The predicted octanol–water partition coefficient (Wildman–Crippen LogP) is 0.583. The first-order valence-corrected chi connectivity index (χ1v) is 5.83. The molecule has 0 aromatic carbocycles. The minimum Gasteiger partial charge on any atom is -0.493 e. The molecule has 0 saturated heterocycles. The molecule has 0 aliphatic carbocycles. The lowest BCUT2D eigenvalue weighted by Gasteiger charge is -2.12. The van der Waals surface area contributed by atoms with Gasteiger partial charge in [-0.25, -0.2) is 9.78 Å². The molecule has 2 aromatic heterocycles. The predicted molar refractivity (Wildman–Crippen MR) is 68.2 cm³/mol. The maximum Gasteiger partial charge on any atom is 0.329 e. The summed E-state index contributed by atoms with van der Waals surface area (Å²) in [7, 11) is 1.56. The number of pyridine rings is 1. The Bertz CT molecular complexity index is 700. The van der Waals surface area contributed by atoms with Gasteiger partial charge in [0.05, 0.1) is 6.61 Å². The van der Waals surface area contributed by atoms with Crippen molar-refractivity contribution in [2.45, 2.75) is 20.3 Å². The fourth-order valence-electron chi connectivity index (χ4n) is 1.88. The number of aryl methyl sites for hydroxylation is 2. The molecular formula is C12H15N3O3. The third-order valence-corrected chi connectivity index (χ3v) is 2.82. The number of hydrogen-bond donors (Lipinski definition) is 1. The Labute approximate surface area is 103 Å². The largest absolute Gasteiger partial charge is 0.493 e. The molecule has 0 amide bonds. The maximum absolute atomic E-state index is 11.9.